The first kappa shape index (κ1) is 98.7. The first-order valence-corrected chi connectivity index (χ1v) is 49.3. The second-order valence-corrected chi connectivity index (χ2v) is 40.2. The highest BCUT2D eigenvalue weighted by Crippen LogP contribution is 2.66. The second kappa shape index (κ2) is 40.4. The van der Waals surface area contributed by atoms with Gasteiger partial charge in [-0.15, -0.1) is 11.6 Å². The fourth-order valence-electron chi connectivity index (χ4n) is 20.6. The minimum absolute atomic E-state index is 0.0732. The van der Waals surface area contributed by atoms with E-state index in [0.29, 0.717) is 134 Å². The summed E-state index contributed by atoms with van der Waals surface area (Å²) >= 11 is 8.84. The minimum atomic E-state index is -5.55. The summed E-state index contributed by atoms with van der Waals surface area (Å²) < 4.78 is 162. The van der Waals surface area contributed by atoms with Crippen molar-refractivity contribution in [1.82, 2.24) is 88.1 Å². The minimum Gasteiger partial charge on any atom is -0.409 e. The van der Waals surface area contributed by atoms with Crippen LogP contribution in [0.25, 0.3) is 71.0 Å². The Hall–Kier alpha value is -15.6. The zero-order valence-corrected chi connectivity index (χ0v) is 80.9. The van der Waals surface area contributed by atoms with Gasteiger partial charge in [-0.05, 0) is 226 Å². The Bertz CT molecular complexity index is 7980. The highest BCUT2D eigenvalue weighted by molar-refractivity contribution is 9.10. The Morgan fingerprint density at radius 1 is 0.469 bits per heavy atom. The summed E-state index contributed by atoms with van der Waals surface area (Å²) in [6, 6.07) is 39.2. The van der Waals surface area contributed by atoms with Crippen LogP contribution in [0.4, 0.5) is 39.5 Å². The molecule has 0 saturated heterocycles. The fraction of sp³-hybridized carbons (Fsp3) is 0.301. The van der Waals surface area contributed by atoms with Crippen molar-refractivity contribution in [2.24, 2.45) is 109 Å². The lowest BCUT2D eigenvalue weighted by Crippen LogP contribution is -2.25. The topological polar surface area (TPSA) is 396 Å². The molecule has 0 unspecified atom stereocenters. The molecule has 9 aromatic heterocycles. The van der Waals surface area contributed by atoms with Crippen LogP contribution in [0.5, 0.6) is 0 Å². The number of nitrogens with one attached hydrogen (secondary N) is 1. The summed E-state index contributed by atoms with van der Waals surface area (Å²) in [5, 5.41) is 24.0. The molecular weight excluding hydrogens is 2020 g/mol. The van der Waals surface area contributed by atoms with Crippen LogP contribution in [0.3, 0.4) is 0 Å². The number of halogens is 11. The van der Waals surface area contributed by atoms with Crippen molar-refractivity contribution < 1.29 is 70.9 Å². The van der Waals surface area contributed by atoms with Gasteiger partial charge in [0.15, 0.2) is 51.0 Å². The van der Waals surface area contributed by atoms with Gasteiger partial charge in [0.25, 0.3) is 16.7 Å². The maximum absolute atomic E-state index is 13.1. The van der Waals surface area contributed by atoms with Gasteiger partial charge in [0, 0.05) is 55.7 Å². The van der Waals surface area contributed by atoms with E-state index in [2.05, 4.69) is 131 Å². The van der Waals surface area contributed by atoms with Crippen LogP contribution >= 0.6 is 27.5 Å². The number of nitrogens with zero attached hydrogens (tertiary/aromatic N) is 20. The van der Waals surface area contributed by atoms with E-state index in [-0.39, 0.29) is 124 Å². The van der Waals surface area contributed by atoms with Crippen molar-refractivity contribution in [1.29, 1.82) is 0 Å². The molecule has 27 rings (SSSR count). The quantitative estimate of drug-likeness (QED) is 0.00930. The number of nitrogens with two attached hydrogens (primary N) is 1. The lowest BCUT2D eigenvalue weighted by molar-refractivity contribution is -0.0523. The maximum atomic E-state index is 13.1. The van der Waals surface area contributed by atoms with Crippen molar-refractivity contribution in [2.75, 3.05) is 0 Å². The van der Waals surface area contributed by atoms with E-state index in [4.69, 9.17) is 49.3 Å². The highest BCUT2D eigenvalue weighted by Gasteiger charge is 2.63. The van der Waals surface area contributed by atoms with Crippen molar-refractivity contribution in [3.8, 4) is 0 Å². The number of aromatic amines is 1. The molecule has 0 radical (unpaired) electrons. The Labute approximate surface area is 842 Å². The molecule has 12 aliphatic rings. The molecule has 0 spiro atoms. The number of rotatable bonds is 16. The zero-order valence-electron chi connectivity index (χ0n) is 77.7. The maximum Gasteiger partial charge on any atom is 0.534 e. The van der Waals surface area contributed by atoms with Crippen molar-refractivity contribution in [3.63, 3.8) is 0 Å². The molecule has 6 aromatic carbocycles. The lowest BCUT2D eigenvalue weighted by atomic mass is 10.0. The predicted molar refractivity (Wildman–Crippen MR) is 521 cm³/mol. The van der Waals surface area contributed by atoms with Gasteiger partial charge in [-0.1, -0.05) is 128 Å². The molecule has 147 heavy (non-hydrogen) atoms. The summed E-state index contributed by atoms with van der Waals surface area (Å²) in [6.07, 6.45) is 26.2. The molecule has 9 heterocycles. The molecule has 0 bridgehead atoms. The zero-order chi connectivity index (χ0) is 103. The number of amidine groups is 1. The summed E-state index contributed by atoms with van der Waals surface area (Å²) in [7, 11) is -0.284. The number of hydrogen-bond donors (Lipinski definition) is 3. The molecule has 15 aromatic rings. The average molecular weight is 2110 g/mol. The van der Waals surface area contributed by atoms with Crippen molar-refractivity contribution in [3.05, 3.63) is 382 Å². The lowest BCUT2D eigenvalue weighted by Gasteiger charge is -2.10. The third-order valence-corrected chi connectivity index (χ3v) is 30.2. The Balaban J connectivity index is 0.000000105. The van der Waals surface area contributed by atoms with E-state index in [0.717, 1.165) is 70.2 Å². The number of oxime groups is 1. The summed E-state index contributed by atoms with van der Waals surface area (Å²) in [6.45, 7) is 14.0. The summed E-state index contributed by atoms with van der Waals surface area (Å²) in [5.74, 6) is 7.87. The van der Waals surface area contributed by atoms with Crippen LogP contribution in [0.15, 0.2) is 263 Å². The Morgan fingerprint density at radius 3 is 1.10 bits per heavy atom. The van der Waals surface area contributed by atoms with Gasteiger partial charge < -0.3 is 57.1 Å². The fourth-order valence-corrected chi connectivity index (χ4v) is 21.5. The van der Waals surface area contributed by atoms with Gasteiger partial charge in [0.1, 0.15) is 78.1 Å². The molecule has 44 heteroatoms. The molecule has 18 atom stereocenters. The number of aryl methyl sites for hydroxylation is 3. The van der Waals surface area contributed by atoms with E-state index in [1.54, 1.807) is 78.1 Å². The number of benzene rings is 6. The molecule has 32 nitrogen and oxygen atoms in total. The van der Waals surface area contributed by atoms with E-state index >= 15 is 0 Å². The third kappa shape index (κ3) is 20.9. The van der Waals surface area contributed by atoms with Crippen molar-refractivity contribution in [2.45, 2.75) is 92.8 Å². The Morgan fingerprint density at radius 2 is 0.796 bits per heavy atom. The van der Waals surface area contributed by atoms with E-state index in [9.17, 15) is 62.3 Å². The van der Waals surface area contributed by atoms with E-state index in [1.165, 1.54) is 135 Å². The Kier molecular flexibility index (Phi) is 27.1. The number of H-pyrrole nitrogens is 1. The van der Waals surface area contributed by atoms with Gasteiger partial charge in [-0.2, -0.15) is 36.5 Å². The normalized spacial score (nSPS) is 24.5. The van der Waals surface area contributed by atoms with Crippen LogP contribution in [0.1, 0.15) is 119 Å². The molecule has 6 fully saturated rings. The largest absolute Gasteiger partial charge is 0.534 e. The SMILES string of the molecule is Cn1cnc2nc[nH]c(=O)c21.Cn1cnc2ncn(Cc3nc([C@@H]4[C@H]5C=C(c6ccc(F)cc6)C[C@H]54)no3)c(=O)c21.Cn1cnc2ncn(Cc3nc([C@H]4[C@@H]5C=C(c6ccc(F)cc6)C[C@@H]54)no3)c(=O)c21.Fc1ccc(Br)cc1.Fc1ccc(C2=C[C@H]3[C@@H](C2)[C@@H]3c2noc(CCl)n2)cc1.N/C(=N\O)[C@@H]1[C@H]2C=C(c3ccc(F)cc3)C[C@H]21.[C-]#[N+][C@@H]1[C@H]2C=C(OS(=O)(=O)C(F)(F)F)C[C@H]21.[C-]#[N+][C@@H]1[C@H]2C=C(c3ccc(F)cc3)C[C@H]21. The molecule has 6 saturated carbocycles. The number of fused-ring (bicyclic) bond motifs is 9. The van der Waals surface area contributed by atoms with Crippen LogP contribution in [0, 0.1) is 125 Å². The van der Waals surface area contributed by atoms with Gasteiger partial charge >= 0.3 is 15.6 Å². The third-order valence-electron chi connectivity index (χ3n) is 28.5. The molecular formula is C103H85BrClF9N22O10S. The number of hydrogen-bond acceptors (Lipinski definition) is 23. The van der Waals surface area contributed by atoms with Gasteiger partial charge in [0.05, 0.1) is 49.0 Å². The molecule has 750 valence electrons. The monoisotopic (exact) mass is 2110 g/mol. The van der Waals surface area contributed by atoms with Gasteiger partial charge in [-0.3, -0.25) is 23.5 Å². The van der Waals surface area contributed by atoms with Crippen LogP contribution < -0.4 is 22.4 Å². The first-order valence-electron chi connectivity index (χ1n) is 46.5. The molecule has 4 N–H and O–H groups in total. The first-order chi connectivity index (χ1) is 70.7. The predicted octanol–water partition coefficient (Wildman–Crippen LogP) is 18.1. The van der Waals surface area contributed by atoms with E-state index < -0.39 is 15.6 Å². The van der Waals surface area contributed by atoms with E-state index in [1.807, 2.05) is 48.5 Å². The summed E-state index contributed by atoms with van der Waals surface area (Å²) in [4.78, 5) is 83.4. The summed E-state index contributed by atoms with van der Waals surface area (Å²) in [5.41, 5.74) is 14.0. The van der Waals surface area contributed by atoms with Crippen LogP contribution in [-0.4, -0.2) is 125 Å². The molecule has 0 aliphatic heterocycles. The smallest absolute Gasteiger partial charge is 0.409 e. The molecule has 0 amide bonds. The van der Waals surface area contributed by atoms with Gasteiger partial charge in [-0.25, -0.2) is 69.4 Å². The average Bonchev–Trinajstić information content (AvgIpc) is 1.58. The molecule has 12 aliphatic carbocycles. The second-order valence-electron chi connectivity index (χ2n) is 37.5. The number of allylic oxidation sites excluding steroid dienone is 10. The van der Waals surface area contributed by atoms with Crippen LogP contribution in [-0.2, 0) is 54.4 Å². The van der Waals surface area contributed by atoms with Crippen LogP contribution in [0.2, 0.25) is 0 Å². The van der Waals surface area contributed by atoms with Gasteiger partial charge in [0.2, 0.25) is 29.8 Å². The van der Waals surface area contributed by atoms with Crippen molar-refractivity contribution >= 4 is 105 Å². The number of imidazole rings is 3. The number of alkyl halides is 4. The number of aromatic nitrogens is 18. The highest BCUT2D eigenvalue weighted by atomic mass is 79.9. The standard InChI is InChI=1S/2C21H17FN6O2.C15H12ClFN2O.C13H13FN2O.C13H10FN.C8H6F3NO3S.C6H4BrF.C6H6N4O/c2*1-27-9-23-20-18(27)21(29)28(10-24-20)8-16-25-19(26-30-16)17-14-6-12(7-15(14)17)11-2-4-13(22)5-3-11;16-7-13-18-15(19-20-13)14-11-5-9(6-12(11)14)8-1-3-10(17)4-2-8;14-9-3-1-7(2-4-9)8-5-10-11(6-8)12(10)13(15)16-17;1-15-13-11-6-9(7-12(11)13)8-2-4-10(14)5-3-8;1-12-7-5-2-4(3-6(5)7)15-16(13,14)8(9,10)11;7-5-1-3-6(8)4-2-5;1-10-3-9-5-4(10)6(11)8-2-7-5/h2*2-6,9-10,14-15,17H,7-8H2,1H3;1-5,11-12,14H,6-7H2;1-5,10-12,17H,6H2,(H2,15,16);2-6,11-13H,7H2;2,5-7H,3H2;1-4H;2-3H,1H3,(H,7,8,11)/t2*14-,15+,17+;11-,12+,14+;10-,11+,12+;11-,12+,13+;5-,6+,7+;;/m100000../s1.